The Morgan fingerprint density at radius 1 is 1.07 bits per heavy atom. The smallest absolute Gasteiger partial charge is 0.268 e. The molecule has 0 aliphatic rings. The maximum Gasteiger partial charge on any atom is 0.268 e. The average molecular weight is 410 g/mol. The van der Waals surface area contributed by atoms with Crippen LogP contribution >= 0.6 is 0 Å². The SMILES string of the molecule is Cc1nnc(-c2cc(C(C)(C)C)n(-c3ccc(C(=O)NC(C)C(C)(C)C)cc3)n2)o1. The van der Waals surface area contributed by atoms with Crippen LogP contribution in [-0.2, 0) is 5.41 Å². The Morgan fingerprint density at radius 3 is 2.20 bits per heavy atom. The molecule has 30 heavy (non-hydrogen) atoms. The summed E-state index contributed by atoms with van der Waals surface area (Å²) in [7, 11) is 0. The zero-order chi connectivity index (χ0) is 22.3. The van der Waals surface area contributed by atoms with Crippen molar-refractivity contribution in [1.82, 2.24) is 25.3 Å². The minimum Gasteiger partial charge on any atom is -0.420 e. The Kier molecular flexibility index (Phi) is 5.58. The predicted molar refractivity (Wildman–Crippen MR) is 117 cm³/mol. The molecule has 160 valence electrons. The molecule has 1 atom stereocenters. The lowest BCUT2D eigenvalue weighted by Crippen LogP contribution is -2.41. The topological polar surface area (TPSA) is 85.8 Å². The number of hydrogen-bond acceptors (Lipinski definition) is 5. The summed E-state index contributed by atoms with van der Waals surface area (Å²) in [6, 6.07) is 9.49. The molecule has 1 aromatic carbocycles. The average Bonchev–Trinajstić information content (AvgIpc) is 3.27. The van der Waals surface area contributed by atoms with Crippen molar-refractivity contribution in [1.29, 1.82) is 0 Å². The fourth-order valence-corrected chi connectivity index (χ4v) is 2.87. The van der Waals surface area contributed by atoms with Crippen molar-refractivity contribution in [2.75, 3.05) is 0 Å². The van der Waals surface area contributed by atoms with Gasteiger partial charge < -0.3 is 9.73 Å². The highest BCUT2D eigenvalue weighted by molar-refractivity contribution is 5.94. The maximum atomic E-state index is 12.6. The molecule has 0 saturated heterocycles. The Morgan fingerprint density at radius 2 is 1.70 bits per heavy atom. The minimum atomic E-state index is -0.154. The third kappa shape index (κ3) is 4.61. The first-order chi connectivity index (χ1) is 13.9. The van der Waals surface area contributed by atoms with Crippen molar-refractivity contribution < 1.29 is 9.21 Å². The molecule has 0 aliphatic heterocycles. The molecule has 0 fully saturated rings. The number of benzene rings is 1. The molecule has 0 spiro atoms. The van der Waals surface area contributed by atoms with Crippen LogP contribution in [0.25, 0.3) is 17.3 Å². The number of hydrogen-bond donors (Lipinski definition) is 1. The van der Waals surface area contributed by atoms with E-state index in [1.165, 1.54) is 0 Å². The number of aromatic nitrogens is 4. The summed E-state index contributed by atoms with van der Waals surface area (Å²) < 4.78 is 7.42. The van der Waals surface area contributed by atoms with Crippen molar-refractivity contribution in [3.05, 3.63) is 47.5 Å². The summed E-state index contributed by atoms with van der Waals surface area (Å²) in [5, 5.41) is 15.8. The van der Waals surface area contributed by atoms with Crippen LogP contribution in [0.3, 0.4) is 0 Å². The highest BCUT2D eigenvalue weighted by Gasteiger charge is 2.25. The van der Waals surface area contributed by atoms with Gasteiger partial charge in [0.05, 0.1) is 11.4 Å². The van der Waals surface area contributed by atoms with E-state index >= 15 is 0 Å². The zero-order valence-electron chi connectivity index (χ0n) is 19.1. The van der Waals surface area contributed by atoms with E-state index in [0.29, 0.717) is 23.0 Å². The predicted octanol–water partition coefficient (Wildman–Crippen LogP) is 4.69. The van der Waals surface area contributed by atoms with Crippen LogP contribution < -0.4 is 5.32 Å². The van der Waals surface area contributed by atoms with E-state index in [2.05, 4.69) is 57.1 Å². The van der Waals surface area contributed by atoms with Gasteiger partial charge in [0.25, 0.3) is 11.8 Å². The van der Waals surface area contributed by atoms with Crippen LogP contribution in [0.4, 0.5) is 0 Å². The van der Waals surface area contributed by atoms with Gasteiger partial charge in [0.2, 0.25) is 5.89 Å². The molecule has 2 heterocycles. The lowest BCUT2D eigenvalue weighted by atomic mass is 9.88. The number of nitrogens with one attached hydrogen (secondary N) is 1. The molecule has 1 N–H and O–H groups in total. The molecular formula is C23H31N5O2. The van der Waals surface area contributed by atoms with Crippen molar-refractivity contribution in [3.8, 4) is 17.3 Å². The first-order valence-electron chi connectivity index (χ1n) is 10.2. The largest absolute Gasteiger partial charge is 0.420 e. The third-order valence-electron chi connectivity index (χ3n) is 5.24. The van der Waals surface area contributed by atoms with Gasteiger partial charge >= 0.3 is 0 Å². The van der Waals surface area contributed by atoms with Crippen LogP contribution in [0.2, 0.25) is 0 Å². The van der Waals surface area contributed by atoms with Gasteiger partial charge in [0.15, 0.2) is 0 Å². The van der Waals surface area contributed by atoms with Crippen molar-refractivity contribution in [2.24, 2.45) is 5.41 Å². The number of amides is 1. The Bertz CT molecular complexity index is 1030. The van der Waals surface area contributed by atoms with Crippen molar-refractivity contribution >= 4 is 5.91 Å². The second-order valence-corrected chi connectivity index (χ2v) is 9.81. The van der Waals surface area contributed by atoms with E-state index in [9.17, 15) is 4.79 Å². The Hall–Kier alpha value is -2.96. The molecule has 0 radical (unpaired) electrons. The monoisotopic (exact) mass is 409 g/mol. The van der Waals surface area contributed by atoms with Gasteiger partial charge in [-0.25, -0.2) is 4.68 Å². The summed E-state index contributed by atoms with van der Waals surface area (Å²) in [5.41, 5.74) is 2.96. The molecule has 0 saturated carbocycles. The standard InChI is InChI=1S/C23H31N5O2/c1-14(22(3,4)5)24-20(29)16-9-11-17(12-10-16)28-19(23(6,7)8)13-18(27-28)21-26-25-15(2)30-21/h9-14H,1-8H3,(H,24,29). The lowest BCUT2D eigenvalue weighted by Gasteiger charge is -2.28. The summed E-state index contributed by atoms with van der Waals surface area (Å²) in [6.07, 6.45) is 0. The molecule has 0 bridgehead atoms. The van der Waals surface area contributed by atoms with Gasteiger partial charge in [-0.15, -0.1) is 10.2 Å². The fourth-order valence-electron chi connectivity index (χ4n) is 2.87. The number of nitrogens with zero attached hydrogens (tertiary/aromatic N) is 4. The van der Waals surface area contributed by atoms with Crippen molar-refractivity contribution in [2.45, 2.75) is 66.8 Å². The van der Waals surface area contributed by atoms with Gasteiger partial charge in [-0.3, -0.25) is 4.79 Å². The highest BCUT2D eigenvalue weighted by atomic mass is 16.4. The van der Waals surface area contributed by atoms with Gasteiger partial charge in [-0.2, -0.15) is 5.10 Å². The van der Waals surface area contributed by atoms with Crippen LogP contribution in [0.1, 0.15) is 70.4 Å². The van der Waals surface area contributed by atoms with E-state index in [1.54, 1.807) is 6.92 Å². The van der Waals surface area contributed by atoms with Crippen LogP contribution in [-0.4, -0.2) is 31.9 Å². The molecular weight excluding hydrogens is 378 g/mol. The molecule has 2 aromatic heterocycles. The second-order valence-electron chi connectivity index (χ2n) is 9.81. The quantitative estimate of drug-likeness (QED) is 0.675. The summed E-state index contributed by atoms with van der Waals surface area (Å²) in [6.45, 7) is 16.5. The number of carbonyl (C=O) groups is 1. The number of rotatable bonds is 4. The van der Waals surface area contributed by atoms with Gasteiger partial charge in [-0.1, -0.05) is 41.5 Å². The Labute approximate surface area is 177 Å². The Balaban J connectivity index is 1.92. The van der Waals surface area contributed by atoms with Crippen molar-refractivity contribution in [3.63, 3.8) is 0 Å². The summed E-state index contributed by atoms with van der Waals surface area (Å²) in [5.74, 6) is 0.808. The molecule has 3 rings (SSSR count). The van der Waals surface area contributed by atoms with Crippen LogP contribution in [0.15, 0.2) is 34.7 Å². The zero-order valence-corrected chi connectivity index (χ0v) is 19.1. The summed E-state index contributed by atoms with van der Waals surface area (Å²) >= 11 is 0. The number of aryl methyl sites for hydroxylation is 1. The first kappa shape index (κ1) is 21.7. The molecule has 1 amide bonds. The molecule has 1 unspecified atom stereocenters. The lowest BCUT2D eigenvalue weighted by molar-refractivity contribution is 0.0910. The molecule has 7 nitrogen and oxygen atoms in total. The molecule has 0 aliphatic carbocycles. The second kappa shape index (κ2) is 7.70. The van der Waals surface area contributed by atoms with Crippen LogP contribution in [0, 0.1) is 12.3 Å². The number of carbonyl (C=O) groups excluding carboxylic acids is 1. The van der Waals surface area contributed by atoms with Gasteiger partial charge in [0.1, 0.15) is 5.69 Å². The highest BCUT2D eigenvalue weighted by Crippen LogP contribution is 2.29. The first-order valence-corrected chi connectivity index (χ1v) is 10.2. The van der Waals surface area contributed by atoms with E-state index in [4.69, 9.17) is 9.52 Å². The minimum absolute atomic E-state index is 0.00420. The van der Waals surface area contributed by atoms with E-state index in [0.717, 1.165) is 11.4 Å². The maximum absolute atomic E-state index is 12.6. The molecule has 7 heteroatoms. The van der Waals surface area contributed by atoms with Gasteiger partial charge in [0, 0.05) is 23.9 Å². The fraction of sp³-hybridized carbons (Fsp3) is 0.478. The van der Waals surface area contributed by atoms with E-state index in [1.807, 2.05) is 41.9 Å². The normalized spacial score (nSPS) is 13.3. The van der Waals surface area contributed by atoms with Gasteiger partial charge in [-0.05, 0) is 42.7 Å². The molecule has 3 aromatic rings. The third-order valence-corrected chi connectivity index (χ3v) is 5.24. The van der Waals surface area contributed by atoms with E-state index in [-0.39, 0.29) is 22.8 Å². The van der Waals surface area contributed by atoms with Crippen LogP contribution in [0.5, 0.6) is 0 Å². The summed E-state index contributed by atoms with van der Waals surface area (Å²) in [4.78, 5) is 12.6. The van der Waals surface area contributed by atoms with E-state index < -0.39 is 0 Å².